The minimum Gasteiger partial charge on any atom is -0.357 e. The van der Waals surface area contributed by atoms with Crippen molar-refractivity contribution in [3.63, 3.8) is 0 Å². The number of rotatable bonds is 5. The number of hydrogen-bond donors (Lipinski definition) is 2. The molecule has 2 aromatic rings. The summed E-state index contributed by atoms with van der Waals surface area (Å²) in [7, 11) is 0. The van der Waals surface area contributed by atoms with Gasteiger partial charge in [-0.05, 0) is 19.1 Å². The highest BCUT2D eigenvalue weighted by atomic mass is 16.1. The second-order valence-electron chi connectivity index (χ2n) is 4.06. The zero-order valence-electron chi connectivity index (χ0n) is 10.9. The summed E-state index contributed by atoms with van der Waals surface area (Å²) in [5, 5.41) is 14.4. The third-order valence-electron chi connectivity index (χ3n) is 2.56. The third kappa shape index (κ3) is 3.53. The number of nitrogens with zero attached hydrogens (tertiary/aromatic N) is 3. The molecule has 100 valence electrons. The summed E-state index contributed by atoms with van der Waals surface area (Å²) in [6.07, 6.45) is 1.40. The molecule has 0 bridgehead atoms. The van der Waals surface area contributed by atoms with Crippen molar-refractivity contribution in [2.75, 3.05) is 17.2 Å². The molecule has 0 amide bonds. The first kappa shape index (κ1) is 13.5. The molecule has 20 heavy (non-hydrogen) atoms. The lowest BCUT2D eigenvalue weighted by atomic mass is 10.1. The van der Waals surface area contributed by atoms with Gasteiger partial charge < -0.3 is 10.6 Å². The van der Waals surface area contributed by atoms with Crippen LogP contribution < -0.4 is 10.6 Å². The number of nitrogens with one attached hydrogen (secondary N) is 2. The topological polar surface area (TPSA) is 90.7 Å². The lowest BCUT2D eigenvalue weighted by Crippen LogP contribution is -2.03. The van der Waals surface area contributed by atoms with Crippen molar-refractivity contribution in [3.8, 4) is 6.07 Å². The zero-order chi connectivity index (χ0) is 14.4. The molecule has 0 aliphatic carbocycles. The van der Waals surface area contributed by atoms with Crippen LogP contribution in [0.5, 0.6) is 0 Å². The van der Waals surface area contributed by atoms with Gasteiger partial charge in [0.2, 0.25) is 0 Å². The Kier molecular flexibility index (Phi) is 4.24. The molecule has 0 saturated heterocycles. The fourth-order valence-corrected chi connectivity index (χ4v) is 1.62. The molecule has 0 aliphatic rings. The first-order chi connectivity index (χ1) is 9.69. The van der Waals surface area contributed by atoms with Crippen molar-refractivity contribution in [2.45, 2.75) is 6.92 Å². The third-order valence-corrected chi connectivity index (χ3v) is 2.56. The second-order valence-corrected chi connectivity index (χ2v) is 4.06. The van der Waals surface area contributed by atoms with Crippen LogP contribution in [-0.4, -0.2) is 22.3 Å². The second kappa shape index (κ2) is 6.29. The van der Waals surface area contributed by atoms with Crippen molar-refractivity contribution in [2.24, 2.45) is 0 Å². The van der Waals surface area contributed by atoms with Crippen LogP contribution in [0.15, 0.2) is 36.7 Å². The molecule has 0 radical (unpaired) electrons. The van der Waals surface area contributed by atoms with Crippen LogP contribution in [0.4, 0.5) is 17.3 Å². The largest absolute Gasteiger partial charge is 0.357 e. The maximum atomic E-state index is 11.3. The SMILES string of the molecule is CC(=O)c1cccc(Nc2cc(NCC#N)ncn2)c1. The molecule has 0 spiro atoms. The minimum absolute atomic E-state index is 0.00714. The highest BCUT2D eigenvalue weighted by Crippen LogP contribution is 2.17. The van der Waals surface area contributed by atoms with Gasteiger partial charge >= 0.3 is 0 Å². The summed E-state index contributed by atoms with van der Waals surface area (Å²) < 4.78 is 0. The van der Waals surface area contributed by atoms with Gasteiger partial charge in [-0.2, -0.15) is 5.26 Å². The molecule has 0 saturated carbocycles. The van der Waals surface area contributed by atoms with Gasteiger partial charge in [-0.3, -0.25) is 4.79 Å². The van der Waals surface area contributed by atoms with E-state index >= 15 is 0 Å². The summed E-state index contributed by atoms with van der Waals surface area (Å²) in [6, 6.07) is 10.8. The Labute approximate surface area is 116 Å². The van der Waals surface area contributed by atoms with Crippen LogP contribution in [0.3, 0.4) is 0 Å². The number of nitriles is 1. The molecular formula is C14H13N5O. The zero-order valence-corrected chi connectivity index (χ0v) is 10.9. The number of hydrogen-bond acceptors (Lipinski definition) is 6. The van der Waals surface area contributed by atoms with E-state index in [0.29, 0.717) is 17.2 Å². The van der Waals surface area contributed by atoms with Crippen LogP contribution in [0.1, 0.15) is 17.3 Å². The van der Waals surface area contributed by atoms with Crippen molar-refractivity contribution in [1.29, 1.82) is 5.26 Å². The number of carbonyl (C=O) groups excluding carboxylic acids is 1. The van der Waals surface area contributed by atoms with Gasteiger partial charge in [-0.15, -0.1) is 0 Å². The van der Waals surface area contributed by atoms with Crippen LogP contribution in [0, 0.1) is 11.3 Å². The lowest BCUT2D eigenvalue weighted by molar-refractivity contribution is 0.101. The maximum Gasteiger partial charge on any atom is 0.159 e. The Morgan fingerprint density at radius 1 is 1.30 bits per heavy atom. The van der Waals surface area contributed by atoms with E-state index < -0.39 is 0 Å². The quantitative estimate of drug-likeness (QED) is 0.638. The fraction of sp³-hybridized carbons (Fsp3) is 0.143. The average molecular weight is 267 g/mol. The van der Waals surface area contributed by atoms with Crippen molar-refractivity contribution in [1.82, 2.24) is 9.97 Å². The summed E-state index contributed by atoms with van der Waals surface area (Å²) in [6.45, 7) is 1.70. The Morgan fingerprint density at radius 2 is 2.10 bits per heavy atom. The fourth-order valence-electron chi connectivity index (χ4n) is 1.62. The number of anilines is 3. The van der Waals surface area contributed by atoms with Gasteiger partial charge in [0.1, 0.15) is 24.5 Å². The smallest absolute Gasteiger partial charge is 0.159 e. The summed E-state index contributed by atoms with van der Waals surface area (Å²) in [5.41, 5.74) is 1.40. The van der Waals surface area contributed by atoms with E-state index in [1.807, 2.05) is 12.1 Å². The summed E-state index contributed by atoms with van der Waals surface area (Å²) >= 11 is 0. The molecule has 0 aliphatic heterocycles. The summed E-state index contributed by atoms with van der Waals surface area (Å²) in [5.74, 6) is 1.15. The van der Waals surface area contributed by atoms with Gasteiger partial charge in [-0.25, -0.2) is 9.97 Å². The molecule has 0 fully saturated rings. The van der Waals surface area contributed by atoms with Gasteiger partial charge in [-0.1, -0.05) is 12.1 Å². The Morgan fingerprint density at radius 3 is 2.85 bits per heavy atom. The number of aromatic nitrogens is 2. The molecular weight excluding hydrogens is 254 g/mol. The Hall–Kier alpha value is -2.94. The number of benzene rings is 1. The monoisotopic (exact) mass is 267 g/mol. The Bertz CT molecular complexity index is 663. The number of carbonyl (C=O) groups is 1. The standard InChI is InChI=1S/C14H13N5O/c1-10(20)11-3-2-4-12(7-11)19-14-8-13(16-6-5-15)17-9-18-14/h2-4,7-9H,6H2,1H3,(H2,16,17,18,19). The molecule has 0 atom stereocenters. The van der Waals surface area contributed by atoms with Crippen LogP contribution in [0.2, 0.25) is 0 Å². The van der Waals surface area contributed by atoms with E-state index in [1.54, 1.807) is 24.3 Å². The van der Waals surface area contributed by atoms with E-state index in [1.165, 1.54) is 13.3 Å². The van der Waals surface area contributed by atoms with Crippen molar-refractivity contribution in [3.05, 3.63) is 42.2 Å². The van der Waals surface area contributed by atoms with E-state index in [-0.39, 0.29) is 12.3 Å². The van der Waals surface area contributed by atoms with E-state index in [9.17, 15) is 4.79 Å². The molecule has 2 N–H and O–H groups in total. The molecule has 6 heteroatoms. The molecule has 1 aromatic carbocycles. The van der Waals surface area contributed by atoms with E-state index in [4.69, 9.17) is 5.26 Å². The highest BCUT2D eigenvalue weighted by molar-refractivity contribution is 5.95. The predicted molar refractivity (Wildman–Crippen MR) is 75.9 cm³/mol. The van der Waals surface area contributed by atoms with Crippen LogP contribution in [0.25, 0.3) is 0 Å². The van der Waals surface area contributed by atoms with Crippen molar-refractivity contribution >= 4 is 23.1 Å². The first-order valence-electron chi connectivity index (χ1n) is 6.00. The normalized spacial score (nSPS) is 9.60. The van der Waals surface area contributed by atoms with Gasteiger partial charge in [0, 0.05) is 17.3 Å². The molecule has 6 nitrogen and oxygen atoms in total. The average Bonchev–Trinajstić information content (AvgIpc) is 2.46. The van der Waals surface area contributed by atoms with Gasteiger partial charge in [0.25, 0.3) is 0 Å². The van der Waals surface area contributed by atoms with Gasteiger partial charge in [0.15, 0.2) is 5.78 Å². The Balaban J connectivity index is 2.15. The minimum atomic E-state index is 0.00714. The molecule has 0 unspecified atom stereocenters. The van der Waals surface area contributed by atoms with Gasteiger partial charge in [0.05, 0.1) is 6.07 Å². The van der Waals surface area contributed by atoms with Crippen molar-refractivity contribution < 1.29 is 4.79 Å². The molecule has 2 rings (SSSR count). The highest BCUT2D eigenvalue weighted by Gasteiger charge is 2.02. The van der Waals surface area contributed by atoms with E-state index in [0.717, 1.165) is 5.69 Å². The molecule has 1 heterocycles. The maximum absolute atomic E-state index is 11.3. The lowest BCUT2D eigenvalue weighted by Gasteiger charge is -2.08. The molecule has 1 aromatic heterocycles. The van der Waals surface area contributed by atoms with Crippen LogP contribution in [-0.2, 0) is 0 Å². The van der Waals surface area contributed by atoms with E-state index in [2.05, 4.69) is 20.6 Å². The number of ketones is 1. The van der Waals surface area contributed by atoms with Crippen LogP contribution >= 0.6 is 0 Å². The first-order valence-corrected chi connectivity index (χ1v) is 6.00. The number of Topliss-reactive ketones (excluding diaryl/α,β-unsaturated/α-hetero) is 1. The summed E-state index contributed by atoms with van der Waals surface area (Å²) in [4.78, 5) is 19.4. The predicted octanol–water partition coefficient (Wildman–Crippen LogP) is 2.36.